The molecule has 11 nitrogen and oxygen atoms in total. The molecule has 0 aliphatic rings. The number of amides is 1. The lowest BCUT2D eigenvalue weighted by Crippen LogP contribution is -2.23. The fraction of sp³-hybridized carbons (Fsp3) is 0.292. The van der Waals surface area contributed by atoms with Crippen molar-refractivity contribution < 1.29 is 28.8 Å². The Morgan fingerprint density at radius 2 is 2.00 bits per heavy atom. The third-order valence-corrected chi connectivity index (χ3v) is 6.74. The van der Waals surface area contributed by atoms with Crippen LogP contribution in [0.5, 0.6) is 11.5 Å². The third-order valence-electron chi connectivity index (χ3n) is 5.80. The van der Waals surface area contributed by atoms with Gasteiger partial charge in [-0.2, -0.15) is 0 Å². The van der Waals surface area contributed by atoms with Crippen molar-refractivity contribution in [2.75, 3.05) is 11.1 Å². The molecule has 4 aromatic rings. The molecule has 0 fully saturated rings. The molecule has 196 valence electrons. The van der Waals surface area contributed by atoms with Crippen molar-refractivity contribution in [1.29, 1.82) is 0 Å². The number of imidazole rings is 1. The summed E-state index contributed by atoms with van der Waals surface area (Å²) >= 11 is 3.14. The Balaban J connectivity index is 1.92. The van der Waals surface area contributed by atoms with Crippen molar-refractivity contribution in [1.82, 2.24) is 19.9 Å². The number of nitrogens with zero attached hydrogens (tertiary/aromatic N) is 3. The number of nitrogens with two attached hydrogens (primary N) is 1. The molecular weight excluding hydrogens is 565 g/mol. The molecular formula is C24H27BrN5O6P. The number of unbranched alkanes of at least 4 members (excludes halogenated alkanes) is 1. The molecule has 37 heavy (non-hydrogen) atoms. The van der Waals surface area contributed by atoms with Crippen molar-refractivity contribution in [3.8, 4) is 11.5 Å². The number of carbonyl (C=O) groups is 1. The van der Waals surface area contributed by atoms with Gasteiger partial charge in [0.05, 0.1) is 22.9 Å². The largest absolute Gasteiger partial charge is 0.524 e. The number of pyridine rings is 1. The quantitative estimate of drug-likeness (QED) is 0.136. The fourth-order valence-corrected chi connectivity index (χ4v) is 4.77. The van der Waals surface area contributed by atoms with Crippen molar-refractivity contribution in [2.45, 2.75) is 39.3 Å². The number of hydrogen-bond acceptors (Lipinski definition) is 7. The Bertz CT molecular complexity index is 1520. The lowest BCUT2D eigenvalue weighted by Gasteiger charge is -2.16. The molecule has 0 radical (unpaired) electrons. The summed E-state index contributed by atoms with van der Waals surface area (Å²) in [4.78, 5) is 39.8. The average Bonchev–Trinajstić information content (AvgIpc) is 3.21. The molecule has 6 N–H and O–H groups in total. The van der Waals surface area contributed by atoms with Crippen molar-refractivity contribution >= 4 is 57.4 Å². The summed E-state index contributed by atoms with van der Waals surface area (Å²) in [7, 11) is -4.84. The van der Waals surface area contributed by atoms with E-state index in [2.05, 4.69) is 33.2 Å². The minimum Gasteiger partial charge on any atom is -0.508 e. The van der Waals surface area contributed by atoms with Crippen molar-refractivity contribution in [3.63, 3.8) is 0 Å². The number of nitrogen functional groups attached to an aromatic ring is 1. The monoisotopic (exact) mass is 591 g/mol. The van der Waals surface area contributed by atoms with E-state index in [1.54, 1.807) is 0 Å². The molecule has 0 aliphatic heterocycles. The van der Waals surface area contributed by atoms with E-state index in [1.165, 1.54) is 18.2 Å². The van der Waals surface area contributed by atoms with Gasteiger partial charge in [-0.3, -0.25) is 14.6 Å². The highest BCUT2D eigenvalue weighted by molar-refractivity contribution is 9.09. The van der Waals surface area contributed by atoms with Crippen LogP contribution >= 0.6 is 23.8 Å². The summed E-state index contributed by atoms with van der Waals surface area (Å²) in [5.74, 6) is 0.680. The second kappa shape index (κ2) is 11.1. The number of halogens is 1. The minimum absolute atomic E-state index is 0.0565. The van der Waals surface area contributed by atoms with Crippen LogP contribution in [0.15, 0.2) is 36.4 Å². The standard InChI is InChI=1S/C24H27BrN5O6P/c1-2-3-4-20-29-22-23(30(20)13-15-10-16(31)6-8-19(15)36-37(33,34)35)17-9-14(12-27-21(32)11-25)5-7-18(17)28-24(22)26/h5-10,31H,2-4,11-13H2,1H3,(H2,26,28)(H,27,32)(H2,33,34,35). The highest BCUT2D eigenvalue weighted by Crippen LogP contribution is 2.41. The van der Waals surface area contributed by atoms with Crippen LogP contribution in [0.3, 0.4) is 0 Å². The van der Waals surface area contributed by atoms with Gasteiger partial charge in [0.1, 0.15) is 22.8 Å². The van der Waals surface area contributed by atoms with Gasteiger partial charge in [0.25, 0.3) is 0 Å². The van der Waals surface area contributed by atoms with Gasteiger partial charge in [-0.1, -0.05) is 35.3 Å². The summed E-state index contributed by atoms with van der Waals surface area (Å²) in [5, 5.41) is 13.9. The molecule has 0 atom stereocenters. The van der Waals surface area contributed by atoms with Crippen LogP contribution in [-0.2, 0) is 28.9 Å². The Morgan fingerprint density at radius 1 is 1.22 bits per heavy atom. The number of carbonyl (C=O) groups excluding carboxylic acids is 1. The summed E-state index contributed by atoms with van der Waals surface area (Å²) in [5.41, 5.74) is 9.32. The molecule has 0 spiro atoms. The topological polar surface area (TPSA) is 173 Å². The van der Waals surface area contributed by atoms with Crippen LogP contribution in [0.1, 0.15) is 36.7 Å². The maximum atomic E-state index is 11.7. The molecule has 0 unspecified atom stereocenters. The zero-order chi connectivity index (χ0) is 26.7. The first-order chi connectivity index (χ1) is 17.6. The lowest BCUT2D eigenvalue weighted by atomic mass is 10.1. The minimum atomic E-state index is -4.84. The Labute approximate surface area is 221 Å². The summed E-state index contributed by atoms with van der Waals surface area (Å²) in [6.07, 6.45) is 2.40. The van der Waals surface area contributed by atoms with E-state index in [0.29, 0.717) is 40.9 Å². The predicted octanol–water partition coefficient (Wildman–Crippen LogP) is 3.75. The highest BCUT2D eigenvalue weighted by Gasteiger charge is 2.22. The number of phenolic OH excluding ortho intramolecular Hbond substituents is 1. The highest BCUT2D eigenvalue weighted by atomic mass is 79.9. The fourth-order valence-electron chi connectivity index (χ4n) is 4.13. The van der Waals surface area contributed by atoms with Gasteiger partial charge in [0, 0.05) is 23.9 Å². The maximum absolute atomic E-state index is 11.7. The SMILES string of the molecule is CCCCc1nc2c(N)nc3ccc(CNC(=O)CBr)cc3c2n1Cc1cc(O)ccc1OP(=O)(O)O. The molecule has 4 rings (SSSR count). The number of benzene rings is 2. The smallest absolute Gasteiger partial charge is 0.508 e. The van der Waals surface area contributed by atoms with E-state index in [0.717, 1.165) is 23.8 Å². The number of aromatic nitrogens is 3. The summed E-state index contributed by atoms with van der Waals surface area (Å²) in [6, 6.07) is 9.59. The zero-order valence-corrected chi connectivity index (χ0v) is 22.5. The molecule has 0 saturated carbocycles. The lowest BCUT2D eigenvalue weighted by molar-refractivity contribution is -0.118. The van der Waals surface area contributed by atoms with Crippen LogP contribution in [0.4, 0.5) is 5.82 Å². The molecule has 0 aliphatic carbocycles. The number of nitrogens with one attached hydrogen (secondary N) is 1. The third kappa shape index (κ3) is 6.22. The molecule has 0 saturated heterocycles. The number of phenols is 1. The average molecular weight is 592 g/mol. The van der Waals surface area contributed by atoms with E-state index in [-0.39, 0.29) is 35.1 Å². The van der Waals surface area contributed by atoms with E-state index in [4.69, 9.17) is 15.2 Å². The molecule has 0 bridgehead atoms. The number of alkyl halides is 1. The molecule has 2 heterocycles. The van der Waals surface area contributed by atoms with Crippen molar-refractivity contribution in [3.05, 3.63) is 53.3 Å². The van der Waals surface area contributed by atoms with Gasteiger partial charge in [0.15, 0.2) is 5.82 Å². The Morgan fingerprint density at radius 3 is 2.70 bits per heavy atom. The molecule has 13 heteroatoms. The Kier molecular flexibility index (Phi) is 8.03. The first kappa shape index (κ1) is 26.9. The molecule has 2 aromatic carbocycles. The normalized spacial score (nSPS) is 11.8. The van der Waals surface area contributed by atoms with Gasteiger partial charge in [-0.15, -0.1) is 0 Å². The van der Waals surface area contributed by atoms with Crippen LogP contribution in [-0.4, -0.2) is 40.7 Å². The van der Waals surface area contributed by atoms with E-state index >= 15 is 0 Å². The van der Waals surface area contributed by atoms with E-state index < -0.39 is 7.82 Å². The van der Waals surface area contributed by atoms with Crippen LogP contribution in [0.25, 0.3) is 21.9 Å². The molecule has 1 amide bonds. The van der Waals surface area contributed by atoms with Gasteiger partial charge in [-0.05, 0) is 42.3 Å². The van der Waals surface area contributed by atoms with E-state index in [1.807, 2.05) is 22.8 Å². The van der Waals surface area contributed by atoms with Gasteiger partial charge in [-0.25, -0.2) is 14.5 Å². The number of hydrogen-bond donors (Lipinski definition) is 5. The number of anilines is 1. The summed E-state index contributed by atoms with van der Waals surface area (Å²) < 4.78 is 18.4. The van der Waals surface area contributed by atoms with Gasteiger partial charge in [0.2, 0.25) is 5.91 Å². The number of rotatable bonds is 10. The number of fused-ring (bicyclic) bond motifs is 3. The summed E-state index contributed by atoms with van der Waals surface area (Å²) in [6.45, 7) is 2.48. The second-order valence-electron chi connectivity index (χ2n) is 8.55. The first-order valence-corrected chi connectivity index (χ1v) is 14.2. The van der Waals surface area contributed by atoms with Crippen LogP contribution < -0.4 is 15.6 Å². The Hall–Kier alpha value is -3.18. The van der Waals surface area contributed by atoms with Gasteiger partial charge < -0.3 is 25.2 Å². The van der Waals surface area contributed by atoms with Gasteiger partial charge >= 0.3 is 7.82 Å². The molecule has 2 aromatic heterocycles. The maximum Gasteiger partial charge on any atom is 0.524 e. The van der Waals surface area contributed by atoms with E-state index in [9.17, 15) is 24.3 Å². The number of aromatic hydroxyl groups is 1. The first-order valence-electron chi connectivity index (χ1n) is 11.6. The zero-order valence-electron chi connectivity index (χ0n) is 20.0. The second-order valence-corrected chi connectivity index (χ2v) is 10.3. The number of phosphoric ester groups is 1. The van der Waals surface area contributed by atoms with Crippen LogP contribution in [0.2, 0.25) is 0 Å². The number of phosphoric acid groups is 1. The van der Waals surface area contributed by atoms with Crippen LogP contribution in [0, 0.1) is 0 Å². The predicted molar refractivity (Wildman–Crippen MR) is 144 cm³/mol. The van der Waals surface area contributed by atoms with Crippen molar-refractivity contribution in [2.24, 2.45) is 0 Å². The number of aryl methyl sites for hydroxylation is 1.